The Kier molecular flexibility index (Phi) is 7.11. The maximum atomic E-state index is 11.7. The van der Waals surface area contributed by atoms with Crippen LogP contribution in [0, 0.1) is 0 Å². The van der Waals surface area contributed by atoms with Crippen LogP contribution in [-0.4, -0.2) is 89.1 Å². The number of carbonyl (C=O) groups is 1. The quantitative estimate of drug-likeness (QED) is 0.273. The summed E-state index contributed by atoms with van der Waals surface area (Å²) in [4.78, 5) is 11.7. The molecule has 5 N–H and O–H groups in total. The van der Waals surface area contributed by atoms with E-state index in [2.05, 4.69) is 0 Å². The Balaban J connectivity index is 1.45. The fourth-order valence-corrected chi connectivity index (χ4v) is 5.87. The molecule has 12 heteroatoms. The van der Waals surface area contributed by atoms with Gasteiger partial charge >= 0.3 is 5.97 Å². The number of hydrogen-bond acceptors (Lipinski definition) is 11. The number of aliphatic hydroxyl groups excluding tert-OH is 4. The van der Waals surface area contributed by atoms with Crippen molar-refractivity contribution in [1.29, 1.82) is 0 Å². The molecule has 3 aromatic carbocycles. The van der Waals surface area contributed by atoms with Gasteiger partial charge in [0.25, 0.3) is 5.79 Å². The molecule has 42 heavy (non-hydrogen) atoms. The smallest absolute Gasteiger partial charge is 0.335 e. The molecule has 0 saturated carbocycles. The van der Waals surface area contributed by atoms with Crippen LogP contribution in [0.15, 0.2) is 54.6 Å². The van der Waals surface area contributed by atoms with Crippen LogP contribution < -0.4 is 23.7 Å². The van der Waals surface area contributed by atoms with E-state index >= 15 is 0 Å². The average Bonchev–Trinajstić information content (AvgIpc) is 3.39. The van der Waals surface area contributed by atoms with E-state index in [-0.39, 0.29) is 18.3 Å². The molecule has 0 aromatic heterocycles. The molecule has 0 bridgehead atoms. The maximum Gasteiger partial charge on any atom is 0.335 e. The lowest BCUT2D eigenvalue weighted by Crippen LogP contribution is -2.69. The first-order valence-corrected chi connectivity index (χ1v) is 13.2. The van der Waals surface area contributed by atoms with Crippen molar-refractivity contribution in [2.45, 2.75) is 42.2 Å². The summed E-state index contributed by atoms with van der Waals surface area (Å²) in [7, 11) is 3.08. The number of hydrogen-bond donors (Lipinski definition) is 5. The highest BCUT2D eigenvalue weighted by molar-refractivity contribution is 5.75. The van der Waals surface area contributed by atoms with Gasteiger partial charge in [-0.1, -0.05) is 36.4 Å². The Hall–Kier alpha value is -4.07. The number of aliphatic carboxylic acids is 1. The van der Waals surface area contributed by atoms with Gasteiger partial charge in [0.2, 0.25) is 5.75 Å². The minimum absolute atomic E-state index is 0.0432. The molecule has 0 radical (unpaired) electrons. The first-order valence-electron chi connectivity index (χ1n) is 13.2. The van der Waals surface area contributed by atoms with Gasteiger partial charge in [-0.15, -0.1) is 0 Å². The van der Waals surface area contributed by atoms with Crippen molar-refractivity contribution < 1.29 is 58.7 Å². The molecule has 0 spiro atoms. The number of rotatable bonds is 7. The summed E-state index contributed by atoms with van der Waals surface area (Å²) in [5, 5.41) is 51.1. The van der Waals surface area contributed by atoms with Crippen LogP contribution in [0.5, 0.6) is 28.7 Å². The molecule has 3 aromatic rings. The van der Waals surface area contributed by atoms with Gasteiger partial charge in [0.1, 0.15) is 36.4 Å². The molecule has 222 valence electrons. The Morgan fingerprint density at radius 2 is 1.79 bits per heavy atom. The fourth-order valence-electron chi connectivity index (χ4n) is 5.87. The molecule has 1 fully saturated rings. The van der Waals surface area contributed by atoms with Gasteiger partial charge in [0, 0.05) is 17.2 Å². The van der Waals surface area contributed by atoms with Crippen LogP contribution in [-0.2, 0) is 9.53 Å². The predicted octanol–water partition coefficient (Wildman–Crippen LogP) is 1.61. The van der Waals surface area contributed by atoms with Gasteiger partial charge in [-0.25, -0.2) is 4.79 Å². The van der Waals surface area contributed by atoms with E-state index in [1.807, 2.05) is 42.5 Å². The summed E-state index contributed by atoms with van der Waals surface area (Å²) in [6.07, 6.45) is -8.39. The third kappa shape index (κ3) is 4.30. The highest BCUT2D eigenvalue weighted by Crippen LogP contribution is 2.58. The zero-order valence-electron chi connectivity index (χ0n) is 22.7. The van der Waals surface area contributed by atoms with E-state index in [1.54, 1.807) is 13.2 Å². The standard InChI is InChI=1S/C30H30O12/c1-37-19-9-8-16-18-12-39-20-11-15(41-30(13-31)28(34)23(33)22(32)27(42-30)29(35)36)10-17(14-6-4-3-5-7-14)21(20)24(18)40-25(16)26(19)38-2/h3-11,18,22-24,27-28,31-34H,12-13H2,1-2H3,(H,35,36)/t18-,22-,23-,24+,27-,28+,30+/m0/s1. The summed E-state index contributed by atoms with van der Waals surface area (Å²) < 4.78 is 35.2. The largest absolute Gasteiger partial charge is 0.493 e. The van der Waals surface area contributed by atoms with Crippen molar-refractivity contribution >= 4 is 5.97 Å². The Labute approximate surface area is 240 Å². The summed E-state index contributed by atoms with van der Waals surface area (Å²) in [6.45, 7) is -0.792. The van der Waals surface area contributed by atoms with Crippen molar-refractivity contribution in [2.75, 3.05) is 27.4 Å². The van der Waals surface area contributed by atoms with Crippen molar-refractivity contribution in [1.82, 2.24) is 0 Å². The third-order valence-electron chi connectivity index (χ3n) is 7.96. The second-order valence-corrected chi connectivity index (χ2v) is 10.3. The van der Waals surface area contributed by atoms with Crippen LogP contribution in [0.3, 0.4) is 0 Å². The number of methoxy groups -OCH3 is 2. The number of benzene rings is 3. The van der Waals surface area contributed by atoms with Crippen LogP contribution in [0.4, 0.5) is 0 Å². The van der Waals surface area contributed by atoms with Crippen LogP contribution in [0.2, 0.25) is 0 Å². The molecule has 3 heterocycles. The first kappa shape index (κ1) is 28.1. The molecule has 0 aliphatic carbocycles. The van der Waals surface area contributed by atoms with Gasteiger partial charge in [0.15, 0.2) is 23.7 Å². The summed E-state index contributed by atoms with van der Waals surface area (Å²) in [5.74, 6) is -2.23. The second-order valence-electron chi connectivity index (χ2n) is 10.3. The third-order valence-corrected chi connectivity index (χ3v) is 7.96. The van der Waals surface area contributed by atoms with Crippen molar-refractivity contribution in [3.8, 4) is 39.9 Å². The molecular weight excluding hydrogens is 552 g/mol. The lowest BCUT2D eigenvalue weighted by molar-refractivity contribution is -0.338. The number of ether oxygens (including phenoxy) is 6. The van der Waals surface area contributed by atoms with Crippen LogP contribution >= 0.6 is 0 Å². The Bertz CT molecular complexity index is 1490. The minimum Gasteiger partial charge on any atom is -0.493 e. The van der Waals surface area contributed by atoms with Gasteiger partial charge < -0.3 is 54.0 Å². The molecule has 1 saturated heterocycles. The zero-order valence-corrected chi connectivity index (χ0v) is 22.7. The number of carboxylic acid groups (broad SMARTS) is 1. The lowest BCUT2D eigenvalue weighted by atomic mass is 9.85. The van der Waals surface area contributed by atoms with E-state index in [9.17, 15) is 30.3 Å². The average molecular weight is 583 g/mol. The normalized spacial score (nSPS) is 29.3. The number of fused-ring (bicyclic) bond motifs is 5. The zero-order chi connectivity index (χ0) is 29.8. The van der Waals surface area contributed by atoms with Crippen LogP contribution in [0.1, 0.15) is 23.1 Å². The van der Waals surface area contributed by atoms with E-state index in [1.165, 1.54) is 13.2 Å². The van der Waals surface area contributed by atoms with Crippen molar-refractivity contribution in [3.63, 3.8) is 0 Å². The van der Waals surface area contributed by atoms with Gasteiger partial charge in [0.05, 0.1) is 26.7 Å². The molecule has 0 amide bonds. The molecule has 7 atom stereocenters. The summed E-state index contributed by atoms with van der Waals surface area (Å²) >= 11 is 0. The molecule has 0 unspecified atom stereocenters. The predicted molar refractivity (Wildman–Crippen MR) is 144 cm³/mol. The lowest BCUT2D eigenvalue weighted by Gasteiger charge is -2.46. The highest BCUT2D eigenvalue weighted by Gasteiger charge is 2.57. The minimum atomic E-state index is -2.41. The maximum absolute atomic E-state index is 11.7. The Morgan fingerprint density at radius 3 is 2.45 bits per heavy atom. The SMILES string of the molecule is COc1ccc2c(c1OC)O[C@H]1c3c(cc(O[C@]4(CO)O[C@H](C(=O)O)[C@@H](O)[C@H](O)[C@H]4O)cc3-c3ccccc3)OC[C@@H]21. The molecule has 12 nitrogen and oxygen atoms in total. The Morgan fingerprint density at radius 1 is 1.02 bits per heavy atom. The summed E-state index contributed by atoms with van der Waals surface area (Å²) in [5.41, 5.74) is 3.02. The molecule has 6 rings (SSSR count). The number of aliphatic hydroxyl groups is 4. The topological polar surface area (TPSA) is 174 Å². The van der Waals surface area contributed by atoms with E-state index in [4.69, 9.17) is 28.4 Å². The van der Waals surface area contributed by atoms with Gasteiger partial charge in [-0.05, 0) is 23.3 Å². The van der Waals surface area contributed by atoms with Gasteiger partial charge in [-0.3, -0.25) is 0 Å². The molecular formula is C30H30O12. The van der Waals surface area contributed by atoms with Crippen molar-refractivity contribution in [2.24, 2.45) is 0 Å². The van der Waals surface area contributed by atoms with E-state index in [0.29, 0.717) is 34.1 Å². The summed E-state index contributed by atoms with van der Waals surface area (Å²) in [6, 6.07) is 16.2. The monoisotopic (exact) mass is 582 g/mol. The first-order chi connectivity index (χ1) is 20.2. The second kappa shape index (κ2) is 10.6. The highest BCUT2D eigenvalue weighted by atomic mass is 16.7. The molecule has 3 aliphatic rings. The molecule has 3 aliphatic heterocycles. The van der Waals surface area contributed by atoms with Gasteiger partial charge in [-0.2, -0.15) is 0 Å². The van der Waals surface area contributed by atoms with E-state index < -0.39 is 48.9 Å². The van der Waals surface area contributed by atoms with Crippen LogP contribution in [0.25, 0.3) is 11.1 Å². The number of carboxylic acids is 1. The fraction of sp³-hybridized carbons (Fsp3) is 0.367. The van der Waals surface area contributed by atoms with E-state index in [0.717, 1.165) is 11.1 Å². The van der Waals surface area contributed by atoms with Crippen molar-refractivity contribution in [3.05, 3.63) is 65.7 Å².